The fourth-order valence-corrected chi connectivity index (χ4v) is 4.85. The van der Waals surface area contributed by atoms with Crippen molar-refractivity contribution in [1.82, 2.24) is 14.8 Å². The summed E-state index contributed by atoms with van der Waals surface area (Å²) in [5, 5.41) is 11.9. The first-order valence-electron chi connectivity index (χ1n) is 11.8. The first-order valence-corrected chi connectivity index (χ1v) is 12.2. The molecule has 3 heterocycles. The number of aromatic nitrogens is 1. The molecule has 0 bridgehead atoms. The largest absolute Gasteiger partial charge is 0.445 e. The number of likely N-dealkylation sites (tertiary alicyclic amines) is 1. The molecule has 1 N–H and O–H groups in total. The Hall–Kier alpha value is -4.49. The lowest BCUT2D eigenvalue weighted by Gasteiger charge is -2.41. The summed E-state index contributed by atoms with van der Waals surface area (Å²) in [5.41, 5.74) is 1.20. The molecule has 2 unspecified atom stereocenters. The Labute approximate surface area is 222 Å². The Balaban J connectivity index is 1.41. The summed E-state index contributed by atoms with van der Waals surface area (Å²) in [6, 6.07) is 16.8. The molecule has 0 saturated carbocycles. The van der Waals surface area contributed by atoms with Crippen LogP contribution in [0.1, 0.15) is 38.3 Å². The normalized spacial score (nSPS) is 18.7. The molecule has 3 aromatic rings. The predicted molar refractivity (Wildman–Crippen MR) is 135 cm³/mol. The van der Waals surface area contributed by atoms with E-state index in [0.717, 1.165) is 16.5 Å². The highest BCUT2D eigenvalue weighted by molar-refractivity contribution is 6.30. The van der Waals surface area contributed by atoms with Gasteiger partial charge in [0.1, 0.15) is 17.8 Å². The molecule has 3 amide bonds. The number of rotatable bonds is 5. The highest BCUT2D eigenvalue weighted by Crippen LogP contribution is 2.31. The SMILES string of the molecule is N#Cc1cc(F)c(NC2CCN(C(=O)OCc3ccccc3)CC2N2C(=O)c3ccccc3C2=O)nc1Cl. The van der Waals surface area contributed by atoms with Crippen LogP contribution in [0.2, 0.25) is 5.15 Å². The number of nitrogens with zero attached hydrogens (tertiary/aromatic N) is 4. The molecule has 0 aliphatic carbocycles. The van der Waals surface area contributed by atoms with E-state index in [1.165, 1.54) is 4.90 Å². The van der Waals surface area contributed by atoms with Gasteiger partial charge in [-0.1, -0.05) is 54.1 Å². The molecule has 0 spiro atoms. The van der Waals surface area contributed by atoms with Crippen molar-refractivity contribution in [1.29, 1.82) is 5.26 Å². The molecule has 1 saturated heterocycles. The summed E-state index contributed by atoms with van der Waals surface area (Å²) in [6.07, 6.45) is -0.350. The zero-order chi connectivity index (χ0) is 26.8. The molecule has 2 aliphatic rings. The van der Waals surface area contributed by atoms with Crippen molar-refractivity contribution in [3.8, 4) is 6.07 Å². The zero-order valence-corrected chi connectivity index (χ0v) is 20.7. The number of hydrogen-bond acceptors (Lipinski definition) is 7. The lowest BCUT2D eigenvalue weighted by molar-refractivity contribution is 0.0400. The van der Waals surface area contributed by atoms with E-state index in [-0.39, 0.29) is 53.8 Å². The number of carbonyl (C=O) groups excluding carboxylic acids is 3. The summed E-state index contributed by atoms with van der Waals surface area (Å²) in [4.78, 5) is 46.0. The van der Waals surface area contributed by atoms with Gasteiger partial charge in [-0.2, -0.15) is 5.26 Å². The van der Waals surface area contributed by atoms with Crippen LogP contribution in [0, 0.1) is 17.1 Å². The quantitative estimate of drug-likeness (QED) is 0.385. The van der Waals surface area contributed by atoms with Gasteiger partial charge in [0, 0.05) is 13.1 Å². The Kier molecular flexibility index (Phi) is 6.94. The minimum absolute atomic E-state index is 0.0393. The number of ether oxygens (including phenoxy) is 1. The van der Waals surface area contributed by atoms with Gasteiger partial charge >= 0.3 is 6.09 Å². The number of carbonyl (C=O) groups is 3. The number of halogens is 2. The van der Waals surface area contributed by atoms with E-state index in [9.17, 15) is 18.8 Å². The van der Waals surface area contributed by atoms with Gasteiger partial charge in [0.25, 0.3) is 11.8 Å². The maximum atomic E-state index is 14.7. The number of fused-ring (bicyclic) bond motifs is 1. The first-order chi connectivity index (χ1) is 18.4. The van der Waals surface area contributed by atoms with Crippen LogP contribution in [-0.2, 0) is 11.3 Å². The maximum absolute atomic E-state index is 14.7. The van der Waals surface area contributed by atoms with Crippen molar-refractivity contribution in [2.75, 3.05) is 18.4 Å². The number of anilines is 1. The molecule has 192 valence electrons. The van der Waals surface area contributed by atoms with E-state index in [0.29, 0.717) is 0 Å². The smallest absolute Gasteiger partial charge is 0.410 e. The van der Waals surface area contributed by atoms with Gasteiger partial charge in [0.15, 0.2) is 11.6 Å². The van der Waals surface area contributed by atoms with Crippen LogP contribution in [0.5, 0.6) is 0 Å². The van der Waals surface area contributed by atoms with Gasteiger partial charge in [-0.25, -0.2) is 14.2 Å². The van der Waals surface area contributed by atoms with Crippen molar-refractivity contribution < 1.29 is 23.5 Å². The van der Waals surface area contributed by atoms with Crippen LogP contribution in [-0.4, -0.2) is 57.9 Å². The standard InChI is InChI=1S/C27H21ClFN5O4/c28-23-17(13-30)12-20(29)24(32-23)31-21-10-11-33(27(37)38-15-16-6-2-1-3-7-16)14-22(21)34-25(35)18-8-4-5-9-19(18)26(34)36/h1-9,12,21-22H,10-11,14-15H2,(H,31,32). The fraction of sp³-hybridized carbons (Fsp3) is 0.222. The van der Waals surface area contributed by atoms with Gasteiger partial charge in [0.2, 0.25) is 0 Å². The molecule has 5 rings (SSSR count). The lowest BCUT2D eigenvalue weighted by Crippen LogP contribution is -2.60. The van der Waals surface area contributed by atoms with Crippen molar-refractivity contribution in [3.63, 3.8) is 0 Å². The monoisotopic (exact) mass is 533 g/mol. The number of benzene rings is 2. The van der Waals surface area contributed by atoms with Crippen LogP contribution < -0.4 is 5.32 Å². The number of amides is 3. The molecule has 2 aromatic carbocycles. The fourth-order valence-electron chi connectivity index (χ4n) is 4.67. The Morgan fingerprint density at radius 1 is 1.13 bits per heavy atom. The molecule has 2 atom stereocenters. The van der Waals surface area contributed by atoms with Crippen LogP contribution in [0.3, 0.4) is 0 Å². The molecule has 2 aliphatic heterocycles. The van der Waals surface area contributed by atoms with Crippen molar-refractivity contribution in [2.45, 2.75) is 25.1 Å². The maximum Gasteiger partial charge on any atom is 0.410 e. The second-order valence-corrected chi connectivity index (χ2v) is 9.25. The number of hydrogen-bond donors (Lipinski definition) is 1. The molecule has 38 heavy (non-hydrogen) atoms. The average Bonchev–Trinajstić information content (AvgIpc) is 3.19. The van der Waals surface area contributed by atoms with Crippen molar-refractivity contribution in [3.05, 3.63) is 93.9 Å². The second-order valence-electron chi connectivity index (χ2n) is 8.89. The second kappa shape index (κ2) is 10.5. The lowest BCUT2D eigenvalue weighted by atomic mass is 9.97. The molecular weight excluding hydrogens is 513 g/mol. The number of piperidine rings is 1. The molecule has 9 nitrogen and oxygen atoms in total. The minimum atomic E-state index is -0.865. The molecule has 1 fully saturated rings. The molecule has 11 heteroatoms. The molecule has 1 aromatic heterocycles. The van der Waals surface area contributed by atoms with E-state index in [2.05, 4.69) is 10.3 Å². The summed E-state index contributed by atoms with van der Waals surface area (Å²) in [6.45, 7) is 0.243. The van der Waals surface area contributed by atoms with E-state index in [1.807, 2.05) is 30.3 Å². The summed E-state index contributed by atoms with van der Waals surface area (Å²) in [7, 11) is 0. The highest BCUT2D eigenvalue weighted by Gasteiger charge is 2.46. The van der Waals surface area contributed by atoms with Gasteiger partial charge in [-0.3, -0.25) is 14.5 Å². The van der Waals surface area contributed by atoms with E-state index in [1.54, 1.807) is 30.3 Å². The third kappa shape index (κ3) is 4.76. The average molecular weight is 534 g/mol. The van der Waals surface area contributed by atoms with Crippen LogP contribution >= 0.6 is 11.6 Å². The van der Waals surface area contributed by atoms with Crippen molar-refractivity contribution >= 4 is 35.3 Å². The number of pyridine rings is 1. The van der Waals surface area contributed by atoms with Gasteiger partial charge in [-0.15, -0.1) is 0 Å². The van der Waals surface area contributed by atoms with Crippen molar-refractivity contribution in [2.24, 2.45) is 0 Å². The summed E-state index contributed by atoms with van der Waals surface area (Å²) in [5.74, 6) is -2.04. The molecule has 0 radical (unpaired) electrons. The number of nitriles is 1. The third-order valence-electron chi connectivity index (χ3n) is 6.57. The summed E-state index contributed by atoms with van der Waals surface area (Å²) < 4.78 is 20.2. The van der Waals surface area contributed by atoms with Crippen LogP contribution in [0.25, 0.3) is 0 Å². The topological polar surface area (TPSA) is 116 Å². The number of nitrogens with one attached hydrogen (secondary N) is 1. The van der Waals surface area contributed by atoms with E-state index < -0.39 is 35.8 Å². The first kappa shape index (κ1) is 25.2. The summed E-state index contributed by atoms with van der Waals surface area (Å²) >= 11 is 6.01. The highest BCUT2D eigenvalue weighted by atomic mass is 35.5. The van der Waals surface area contributed by atoms with Gasteiger partial charge < -0.3 is 15.0 Å². The zero-order valence-electron chi connectivity index (χ0n) is 19.9. The minimum Gasteiger partial charge on any atom is -0.445 e. The Bertz CT molecular complexity index is 1430. The van der Waals surface area contributed by atoms with Crippen LogP contribution in [0.4, 0.5) is 15.0 Å². The van der Waals surface area contributed by atoms with Crippen LogP contribution in [0.15, 0.2) is 60.7 Å². The van der Waals surface area contributed by atoms with E-state index >= 15 is 0 Å². The Morgan fingerprint density at radius 2 is 1.79 bits per heavy atom. The van der Waals surface area contributed by atoms with Gasteiger partial charge in [-0.05, 0) is 30.2 Å². The van der Waals surface area contributed by atoms with E-state index in [4.69, 9.17) is 21.6 Å². The van der Waals surface area contributed by atoms with Gasteiger partial charge in [0.05, 0.1) is 28.8 Å². The number of imide groups is 1. The Morgan fingerprint density at radius 3 is 2.45 bits per heavy atom. The third-order valence-corrected chi connectivity index (χ3v) is 6.86. The predicted octanol–water partition coefficient (Wildman–Crippen LogP) is 4.23. The molecular formula is C27H21ClFN5O4.